The first-order chi connectivity index (χ1) is 15.5. The van der Waals surface area contributed by atoms with Gasteiger partial charge in [-0.05, 0) is 72.7 Å². The van der Waals surface area contributed by atoms with E-state index in [0.717, 1.165) is 47.2 Å². The fraction of sp³-hybridized carbons (Fsp3) is 0.240. The highest BCUT2D eigenvalue weighted by atomic mass is 35.5. The van der Waals surface area contributed by atoms with E-state index in [-0.39, 0.29) is 11.8 Å². The second-order valence-corrected chi connectivity index (χ2v) is 8.78. The summed E-state index contributed by atoms with van der Waals surface area (Å²) in [6, 6.07) is 17.8. The van der Waals surface area contributed by atoms with Gasteiger partial charge in [0.15, 0.2) is 0 Å². The third-order valence-corrected chi connectivity index (χ3v) is 6.88. The summed E-state index contributed by atoms with van der Waals surface area (Å²) in [7, 11) is 0. The number of halogens is 1. The Morgan fingerprint density at radius 3 is 2.66 bits per heavy atom. The van der Waals surface area contributed by atoms with Gasteiger partial charge in [-0.3, -0.25) is 5.10 Å². The summed E-state index contributed by atoms with van der Waals surface area (Å²) >= 11 is 6.64. The summed E-state index contributed by atoms with van der Waals surface area (Å²) in [5.41, 5.74) is 10.7. The first-order valence-corrected chi connectivity index (χ1v) is 10.8. The van der Waals surface area contributed by atoms with Crippen molar-refractivity contribution in [2.24, 2.45) is 11.7 Å². The second-order valence-electron chi connectivity index (χ2n) is 8.34. The van der Waals surface area contributed by atoms with Gasteiger partial charge in [0.25, 0.3) is 0 Å². The molecule has 1 unspecified atom stereocenters. The summed E-state index contributed by atoms with van der Waals surface area (Å²) in [5, 5.41) is 27.4. The number of aromatic amines is 1. The van der Waals surface area contributed by atoms with Crippen LogP contribution < -0.4 is 10.5 Å². The normalized spacial score (nSPS) is 20.0. The third kappa shape index (κ3) is 2.81. The van der Waals surface area contributed by atoms with Gasteiger partial charge < -0.3 is 10.5 Å². The molecule has 1 fully saturated rings. The molecule has 0 spiro atoms. The zero-order chi connectivity index (χ0) is 22.5. The highest BCUT2D eigenvalue weighted by Crippen LogP contribution is 2.58. The van der Waals surface area contributed by atoms with Gasteiger partial charge >= 0.3 is 0 Å². The van der Waals surface area contributed by atoms with Crippen LogP contribution in [0.4, 0.5) is 0 Å². The van der Waals surface area contributed by atoms with Crippen molar-refractivity contribution in [3.8, 4) is 29.1 Å². The standard InChI is InChI=1S/C25H20ClN5O/c1-14-22-24(31-30-14)32-23(29)21(13-28)25(22,18-6-3-7-18)19-9-17(10-20(26)11-19)16-5-2-4-15(8-16)12-27/h2,4-5,8-11,18H,3,6-7,29H2,1H3,(H,30,31). The van der Waals surface area contributed by atoms with Gasteiger partial charge in [-0.15, -0.1) is 5.10 Å². The lowest BCUT2D eigenvalue weighted by Gasteiger charge is -2.47. The van der Waals surface area contributed by atoms with Crippen LogP contribution in [0.25, 0.3) is 11.1 Å². The number of aryl methyl sites for hydroxylation is 1. The van der Waals surface area contributed by atoms with Crippen molar-refractivity contribution in [2.45, 2.75) is 31.6 Å². The smallest absolute Gasteiger partial charge is 0.244 e. The maximum atomic E-state index is 10.2. The van der Waals surface area contributed by atoms with E-state index in [2.05, 4.69) is 22.3 Å². The summed E-state index contributed by atoms with van der Waals surface area (Å²) in [6.45, 7) is 1.93. The van der Waals surface area contributed by atoms with Crippen LogP contribution in [0.5, 0.6) is 5.88 Å². The van der Waals surface area contributed by atoms with Crippen molar-refractivity contribution in [3.05, 3.63) is 81.3 Å². The number of hydrogen-bond acceptors (Lipinski definition) is 5. The van der Waals surface area contributed by atoms with Crippen molar-refractivity contribution in [3.63, 3.8) is 0 Å². The number of benzene rings is 2. The Hall–Kier alpha value is -3.74. The Morgan fingerprint density at radius 2 is 1.97 bits per heavy atom. The maximum absolute atomic E-state index is 10.2. The van der Waals surface area contributed by atoms with Gasteiger partial charge in [0, 0.05) is 10.7 Å². The van der Waals surface area contributed by atoms with Gasteiger partial charge in [-0.1, -0.05) is 30.2 Å². The Balaban J connectivity index is 1.83. The number of nitrogens with two attached hydrogens (primary N) is 1. The zero-order valence-corrected chi connectivity index (χ0v) is 18.2. The average molecular weight is 442 g/mol. The van der Waals surface area contributed by atoms with E-state index in [4.69, 9.17) is 22.1 Å². The summed E-state index contributed by atoms with van der Waals surface area (Å²) in [5.74, 6) is 0.636. The van der Waals surface area contributed by atoms with Gasteiger partial charge in [-0.2, -0.15) is 10.5 Å². The van der Waals surface area contributed by atoms with Crippen molar-refractivity contribution in [2.75, 3.05) is 0 Å². The molecule has 7 heteroatoms. The summed E-state index contributed by atoms with van der Waals surface area (Å²) in [4.78, 5) is 0. The van der Waals surface area contributed by atoms with Gasteiger partial charge in [0.1, 0.15) is 11.6 Å². The summed E-state index contributed by atoms with van der Waals surface area (Å²) in [6.07, 6.45) is 2.98. The SMILES string of the molecule is Cc1[nH]nc2c1C(c1cc(Cl)cc(-c3cccc(C#N)c3)c1)(C1CCC1)C(C#N)=C(N)O2. The average Bonchev–Trinajstić information content (AvgIpc) is 3.12. The van der Waals surface area contributed by atoms with E-state index in [1.165, 1.54) is 0 Å². The van der Waals surface area contributed by atoms with E-state index in [0.29, 0.717) is 22.0 Å². The molecule has 1 aromatic heterocycles. The first kappa shape index (κ1) is 20.2. The first-order valence-electron chi connectivity index (χ1n) is 10.4. The molecule has 1 saturated carbocycles. The zero-order valence-electron chi connectivity index (χ0n) is 17.4. The monoisotopic (exact) mass is 441 g/mol. The molecule has 3 aromatic rings. The molecule has 5 rings (SSSR count). The molecule has 2 aliphatic rings. The number of aromatic nitrogens is 2. The largest absolute Gasteiger partial charge is 0.420 e. The minimum atomic E-state index is -0.811. The summed E-state index contributed by atoms with van der Waals surface area (Å²) < 4.78 is 5.75. The molecule has 158 valence electrons. The topological polar surface area (TPSA) is 112 Å². The molecule has 0 bridgehead atoms. The molecule has 0 amide bonds. The van der Waals surface area contributed by atoms with Gasteiger partial charge in [-0.25, -0.2) is 0 Å². The predicted molar refractivity (Wildman–Crippen MR) is 121 cm³/mol. The number of nitrogens with one attached hydrogen (secondary N) is 1. The number of allylic oxidation sites excluding steroid dienone is 1. The molecule has 2 heterocycles. The molecular weight excluding hydrogens is 422 g/mol. The fourth-order valence-corrected chi connectivity index (χ4v) is 5.32. The predicted octanol–water partition coefficient (Wildman–Crippen LogP) is 5.08. The number of nitrogens with zero attached hydrogens (tertiary/aromatic N) is 3. The van der Waals surface area contributed by atoms with Crippen LogP contribution >= 0.6 is 11.6 Å². The highest BCUT2D eigenvalue weighted by Gasteiger charge is 2.54. The minimum absolute atomic E-state index is 0.0754. The Bertz CT molecular complexity index is 1360. The molecule has 0 radical (unpaired) electrons. The van der Waals surface area contributed by atoms with E-state index in [9.17, 15) is 10.5 Å². The highest BCUT2D eigenvalue weighted by molar-refractivity contribution is 6.31. The van der Waals surface area contributed by atoms with Crippen molar-refractivity contribution in [1.29, 1.82) is 10.5 Å². The van der Waals surface area contributed by atoms with Crippen LogP contribution in [0.3, 0.4) is 0 Å². The third-order valence-electron chi connectivity index (χ3n) is 6.66. The van der Waals surface area contributed by atoms with E-state index in [1.807, 2.05) is 43.3 Å². The van der Waals surface area contributed by atoms with Crippen molar-refractivity contribution >= 4 is 11.6 Å². The Kier molecular flexibility index (Phi) is 4.69. The van der Waals surface area contributed by atoms with Crippen LogP contribution in [0.1, 0.15) is 41.6 Å². The fourth-order valence-electron chi connectivity index (χ4n) is 5.09. The molecular formula is C25H20ClN5O. The minimum Gasteiger partial charge on any atom is -0.420 e. The van der Waals surface area contributed by atoms with Crippen LogP contribution in [0.15, 0.2) is 53.9 Å². The number of hydrogen-bond donors (Lipinski definition) is 2. The quantitative estimate of drug-likeness (QED) is 0.588. The molecule has 32 heavy (non-hydrogen) atoms. The molecule has 2 aromatic carbocycles. The number of nitriles is 2. The van der Waals surface area contributed by atoms with Crippen LogP contribution in [0.2, 0.25) is 5.02 Å². The van der Waals surface area contributed by atoms with E-state index < -0.39 is 5.41 Å². The Morgan fingerprint density at radius 1 is 1.16 bits per heavy atom. The molecule has 0 saturated heterocycles. The van der Waals surface area contributed by atoms with Gasteiger partial charge in [0.05, 0.1) is 22.6 Å². The molecule has 1 atom stereocenters. The second kappa shape index (κ2) is 7.44. The molecule has 1 aliphatic carbocycles. The number of ether oxygens (including phenoxy) is 1. The van der Waals surface area contributed by atoms with Crippen molar-refractivity contribution < 1.29 is 4.74 Å². The molecule has 3 N–H and O–H groups in total. The number of rotatable bonds is 3. The van der Waals surface area contributed by atoms with Gasteiger partial charge in [0.2, 0.25) is 11.8 Å². The van der Waals surface area contributed by atoms with E-state index >= 15 is 0 Å². The van der Waals surface area contributed by atoms with Crippen LogP contribution in [-0.2, 0) is 5.41 Å². The molecule has 1 aliphatic heterocycles. The number of H-pyrrole nitrogens is 1. The maximum Gasteiger partial charge on any atom is 0.244 e. The molecule has 6 nitrogen and oxygen atoms in total. The lowest BCUT2D eigenvalue weighted by atomic mass is 9.55. The van der Waals surface area contributed by atoms with Crippen LogP contribution in [0, 0.1) is 35.5 Å². The Labute approximate surface area is 190 Å². The lowest BCUT2D eigenvalue weighted by Crippen LogP contribution is -2.46. The van der Waals surface area contributed by atoms with Crippen LogP contribution in [-0.4, -0.2) is 10.2 Å². The lowest BCUT2D eigenvalue weighted by molar-refractivity contribution is 0.207. The van der Waals surface area contributed by atoms with Crippen molar-refractivity contribution in [1.82, 2.24) is 10.2 Å². The number of fused-ring (bicyclic) bond motifs is 1. The van der Waals surface area contributed by atoms with E-state index in [1.54, 1.807) is 6.07 Å².